The van der Waals surface area contributed by atoms with Gasteiger partial charge in [-0.05, 0) is 29.4 Å². The van der Waals surface area contributed by atoms with Crippen LogP contribution in [0.2, 0.25) is 0 Å². The normalized spacial score (nSPS) is 23.2. The summed E-state index contributed by atoms with van der Waals surface area (Å²) in [7, 11) is 0. The Balaban J connectivity index is 0.000000149. The minimum Gasteiger partial charge on any atom is -0.348 e. The van der Waals surface area contributed by atoms with Crippen LogP contribution in [0.5, 0.6) is 0 Å². The zero-order valence-corrected chi connectivity index (χ0v) is 21.3. The van der Waals surface area contributed by atoms with Gasteiger partial charge in [-0.3, -0.25) is 19.9 Å². The molecule has 10 nitrogen and oxygen atoms in total. The predicted molar refractivity (Wildman–Crippen MR) is 138 cm³/mol. The molecule has 0 radical (unpaired) electrons. The number of para-hydroxylation sites is 1. The molecule has 2 aromatic rings. The monoisotopic (exact) mass is 526 g/mol. The van der Waals surface area contributed by atoms with E-state index in [1.54, 1.807) is 24.3 Å². The van der Waals surface area contributed by atoms with Crippen LogP contribution in [-0.2, 0) is 33.4 Å². The molecule has 2 aliphatic carbocycles. The summed E-state index contributed by atoms with van der Waals surface area (Å²) in [5, 5.41) is 2.72. The van der Waals surface area contributed by atoms with E-state index in [4.69, 9.17) is 23.8 Å². The van der Waals surface area contributed by atoms with Gasteiger partial charge < -0.3 is 18.9 Å². The van der Waals surface area contributed by atoms with Gasteiger partial charge in [0.05, 0.1) is 32.1 Å². The van der Waals surface area contributed by atoms with Crippen LogP contribution >= 0.6 is 0 Å². The summed E-state index contributed by atoms with van der Waals surface area (Å²) in [5.74, 6) is -0.548. The molecule has 38 heavy (non-hydrogen) atoms. The van der Waals surface area contributed by atoms with Crippen LogP contribution in [-0.4, -0.2) is 55.7 Å². The van der Waals surface area contributed by atoms with E-state index < -0.39 is 11.9 Å². The molecule has 2 aromatic carbocycles. The van der Waals surface area contributed by atoms with E-state index in [1.807, 2.05) is 36.4 Å². The highest BCUT2D eigenvalue weighted by molar-refractivity contribution is 5.84. The van der Waals surface area contributed by atoms with Crippen LogP contribution < -0.4 is 5.48 Å². The fourth-order valence-corrected chi connectivity index (χ4v) is 4.67. The maximum atomic E-state index is 11.9. The first-order valence-electron chi connectivity index (χ1n) is 13.0. The molecule has 2 saturated carbocycles. The van der Waals surface area contributed by atoms with E-state index in [1.165, 1.54) is 0 Å². The van der Waals surface area contributed by atoms with Crippen molar-refractivity contribution < 1.29 is 33.4 Å². The van der Waals surface area contributed by atoms with Crippen molar-refractivity contribution in [2.45, 2.75) is 62.6 Å². The number of nitrogens with one attached hydrogen (secondary N) is 1. The Labute approximate surface area is 221 Å². The van der Waals surface area contributed by atoms with E-state index in [9.17, 15) is 14.5 Å². The van der Waals surface area contributed by atoms with Crippen molar-refractivity contribution >= 4 is 22.9 Å². The standard InChI is InChI=1S/C14H17NO4.C8H12O3.C6H5NO/c16-12-6-7-14(17-8-9-18-14)10-13(12)19-15-11-4-2-1-3-5-11;9-7-1-3-8(4-2-7)10-5-6-11-8;8-7-6-4-2-1-3-5-6/h1-5,13,15H,6-10H2;1-6H2;1-5H/t13-;;/m0../s1. The first-order valence-corrected chi connectivity index (χ1v) is 13.0. The van der Waals surface area contributed by atoms with E-state index in [2.05, 4.69) is 10.7 Å². The van der Waals surface area contributed by atoms with Crippen molar-refractivity contribution in [1.29, 1.82) is 0 Å². The van der Waals surface area contributed by atoms with Crippen molar-refractivity contribution in [3.05, 3.63) is 65.6 Å². The molecular weight excluding hydrogens is 492 g/mol. The summed E-state index contributed by atoms with van der Waals surface area (Å²) < 4.78 is 22.2. The Morgan fingerprint density at radius 2 is 1.26 bits per heavy atom. The Hall–Kier alpha value is -3.02. The fourth-order valence-electron chi connectivity index (χ4n) is 4.67. The van der Waals surface area contributed by atoms with Crippen LogP contribution in [0.25, 0.3) is 0 Å². The second-order valence-electron chi connectivity index (χ2n) is 9.43. The number of rotatable bonds is 4. The van der Waals surface area contributed by atoms with Gasteiger partial charge in [0.2, 0.25) is 0 Å². The summed E-state index contributed by atoms with van der Waals surface area (Å²) in [6.07, 6.45) is 3.74. The van der Waals surface area contributed by atoms with E-state index in [0.717, 1.165) is 18.5 Å². The number of nitrogens with zero attached hydrogens (tertiary/aromatic N) is 1. The van der Waals surface area contributed by atoms with E-state index >= 15 is 0 Å². The molecule has 4 aliphatic rings. The zero-order chi connectivity index (χ0) is 26.7. The molecule has 2 aliphatic heterocycles. The first-order chi connectivity index (χ1) is 18.5. The molecule has 2 saturated heterocycles. The van der Waals surface area contributed by atoms with E-state index in [-0.39, 0.29) is 11.6 Å². The average molecular weight is 527 g/mol. The molecule has 4 fully saturated rings. The topological polar surface area (TPSA) is 122 Å². The number of hydrogen-bond donors (Lipinski definition) is 1. The van der Waals surface area contributed by atoms with Crippen LogP contribution in [0.3, 0.4) is 0 Å². The lowest BCUT2D eigenvalue weighted by molar-refractivity contribution is -0.199. The highest BCUT2D eigenvalue weighted by atomic mass is 16.7. The Bertz CT molecular complexity index is 1030. The second-order valence-corrected chi connectivity index (χ2v) is 9.43. The van der Waals surface area contributed by atoms with Crippen LogP contribution in [0.15, 0.2) is 65.8 Å². The third-order valence-electron chi connectivity index (χ3n) is 6.76. The van der Waals surface area contributed by atoms with Crippen molar-refractivity contribution in [3.8, 4) is 0 Å². The van der Waals surface area contributed by atoms with Crippen LogP contribution in [0, 0.1) is 4.91 Å². The van der Waals surface area contributed by atoms with Gasteiger partial charge in [-0.2, -0.15) is 0 Å². The molecule has 0 aromatic heterocycles. The first kappa shape index (κ1) is 28.0. The predicted octanol–water partition coefficient (Wildman–Crippen LogP) is 4.85. The smallest absolute Gasteiger partial charge is 0.171 e. The second kappa shape index (κ2) is 13.7. The lowest BCUT2D eigenvalue weighted by atomic mass is 9.90. The number of carbonyl (C=O) groups is 2. The molecule has 10 heteroatoms. The molecule has 2 heterocycles. The lowest BCUT2D eigenvalue weighted by Gasteiger charge is -2.34. The molecule has 204 valence electrons. The van der Waals surface area contributed by atoms with Gasteiger partial charge in [-0.1, -0.05) is 36.4 Å². The molecule has 6 rings (SSSR count). The van der Waals surface area contributed by atoms with Gasteiger partial charge in [0, 0.05) is 44.9 Å². The Kier molecular flexibility index (Phi) is 10.1. The summed E-state index contributed by atoms with van der Waals surface area (Å²) in [6.45, 7) is 2.56. The molecule has 2 spiro atoms. The SMILES string of the molecule is O=C1CCC2(CC1)OCCO2.O=C1CCC2(C[C@@H]1ONc1ccccc1)OCCO2.O=Nc1ccccc1. The Morgan fingerprint density at radius 3 is 1.82 bits per heavy atom. The van der Waals surface area contributed by atoms with Gasteiger partial charge in [-0.25, -0.2) is 0 Å². The Morgan fingerprint density at radius 1 is 0.737 bits per heavy atom. The van der Waals surface area contributed by atoms with Crippen molar-refractivity contribution in [2.24, 2.45) is 5.18 Å². The maximum Gasteiger partial charge on any atom is 0.171 e. The van der Waals surface area contributed by atoms with Crippen molar-refractivity contribution in [1.82, 2.24) is 0 Å². The third kappa shape index (κ3) is 7.99. The largest absolute Gasteiger partial charge is 0.348 e. The maximum absolute atomic E-state index is 11.9. The highest BCUT2D eigenvalue weighted by Crippen LogP contribution is 2.36. The van der Waals surface area contributed by atoms with Crippen LogP contribution in [0.4, 0.5) is 11.4 Å². The van der Waals surface area contributed by atoms with Crippen LogP contribution in [0.1, 0.15) is 44.9 Å². The quantitative estimate of drug-likeness (QED) is 0.440. The number of ketones is 2. The van der Waals surface area contributed by atoms with Gasteiger partial charge in [-0.15, -0.1) is 4.91 Å². The minimum atomic E-state index is -0.614. The number of benzene rings is 2. The number of Topliss-reactive ketones (excluding diaryl/α,β-unsaturated/α-hetero) is 2. The molecule has 0 unspecified atom stereocenters. The number of carbonyl (C=O) groups excluding carboxylic acids is 2. The lowest BCUT2D eigenvalue weighted by Crippen LogP contribution is -2.45. The number of anilines is 1. The molecule has 0 amide bonds. The van der Waals surface area contributed by atoms with Gasteiger partial charge in [0.15, 0.2) is 17.4 Å². The molecular formula is C28H34N2O8. The fraction of sp³-hybridized carbons (Fsp3) is 0.500. The summed E-state index contributed by atoms with van der Waals surface area (Å²) >= 11 is 0. The number of nitroso groups, excluding NO2 is 1. The number of hydrogen-bond acceptors (Lipinski definition) is 10. The zero-order valence-electron chi connectivity index (χ0n) is 21.3. The van der Waals surface area contributed by atoms with Gasteiger partial charge >= 0.3 is 0 Å². The summed E-state index contributed by atoms with van der Waals surface area (Å²) in [4.78, 5) is 38.0. The molecule has 1 N–H and O–H groups in total. The van der Waals surface area contributed by atoms with Gasteiger partial charge in [0.1, 0.15) is 17.6 Å². The number of ether oxygens (including phenoxy) is 4. The van der Waals surface area contributed by atoms with Crippen molar-refractivity contribution in [3.63, 3.8) is 0 Å². The minimum absolute atomic E-state index is 0.0909. The third-order valence-corrected chi connectivity index (χ3v) is 6.76. The van der Waals surface area contributed by atoms with Gasteiger partial charge in [0.25, 0.3) is 0 Å². The molecule has 0 bridgehead atoms. The molecule has 1 atom stereocenters. The van der Waals surface area contributed by atoms with Crippen molar-refractivity contribution in [2.75, 3.05) is 31.9 Å². The summed E-state index contributed by atoms with van der Waals surface area (Å²) in [6, 6.07) is 18.2. The highest BCUT2D eigenvalue weighted by Gasteiger charge is 2.45. The van der Waals surface area contributed by atoms with E-state index in [0.29, 0.717) is 70.0 Å². The average Bonchev–Trinajstić information content (AvgIpc) is 3.63. The summed E-state index contributed by atoms with van der Waals surface area (Å²) in [5.41, 5.74) is 4.12.